The van der Waals surface area contributed by atoms with Crippen LogP contribution in [0.25, 0.3) is 6.08 Å². The average molecular weight is 371 g/mol. The van der Waals surface area contributed by atoms with Crippen molar-refractivity contribution < 1.29 is 4.79 Å². The van der Waals surface area contributed by atoms with E-state index < -0.39 is 22.6 Å². The van der Waals surface area contributed by atoms with E-state index in [0.717, 1.165) is 20.8 Å². The van der Waals surface area contributed by atoms with Gasteiger partial charge in [0.25, 0.3) is 5.56 Å². The first-order chi connectivity index (χ1) is 12.3. The summed E-state index contributed by atoms with van der Waals surface area (Å²) in [6.07, 6.45) is 2.72. The highest BCUT2D eigenvalue weighted by atomic mass is 35.5. The van der Waals surface area contributed by atoms with Gasteiger partial charge < -0.3 is 5.73 Å². The van der Waals surface area contributed by atoms with E-state index in [1.807, 2.05) is 18.2 Å². The van der Waals surface area contributed by atoms with E-state index in [9.17, 15) is 19.6 Å². The van der Waals surface area contributed by atoms with E-state index in [1.54, 1.807) is 24.3 Å². The van der Waals surface area contributed by atoms with Gasteiger partial charge in [-0.05, 0) is 17.7 Å². The molecule has 0 saturated heterocycles. The van der Waals surface area contributed by atoms with E-state index in [-0.39, 0.29) is 16.4 Å². The fourth-order valence-electron chi connectivity index (χ4n) is 2.24. The van der Waals surface area contributed by atoms with Crippen LogP contribution in [0.5, 0.6) is 0 Å². The van der Waals surface area contributed by atoms with Crippen LogP contribution in [0, 0.1) is 11.3 Å². The molecule has 2 aromatic rings. The fraction of sp³-hybridized carbons (Fsp3) is 0.111. The van der Waals surface area contributed by atoms with Crippen molar-refractivity contribution in [3.05, 3.63) is 79.0 Å². The third-order valence-corrected chi connectivity index (χ3v) is 3.91. The molecule has 0 aliphatic carbocycles. The molecule has 0 saturated carbocycles. The van der Waals surface area contributed by atoms with Crippen molar-refractivity contribution in [2.45, 2.75) is 0 Å². The van der Waals surface area contributed by atoms with E-state index in [0.29, 0.717) is 0 Å². The van der Waals surface area contributed by atoms with Gasteiger partial charge >= 0.3 is 5.69 Å². The van der Waals surface area contributed by atoms with E-state index in [4.69, 9.17) is 17.3 Å². The summed E-state index contributed by atoms with van der Waals surface area (Å²) in [6.45, 7) is 0. The minimum atomic E-state index is -0.902. The molecule has 0 spiro atoms. The van der Waals surface area contributed by atoms with Gasteiger partial charge in [-0.1, -0.05) is 41.9 Å². The predicted octanol–water partition coefficient (Wildman–Crippen LogP) is 1.58. The summed E-state index contributed by atoms with van der Waals surface area (Å²) < 4.78 is 1.71. The number of benzene rings is 1. The molecule has 132 valence electrons. The van der Waals surface area contributed by atoms with Crippen LogP contribution in [-0.2, 0) is 14.1 Å². The summed E-state index contributed by atoms with van der Waals surface area (Å²) in [4.78, 5) is 36.7. The molecule has 0 amide bonds. The molecule has 0 aliphatic rings. The Hall–Kier alpha value is -3.37. The first-order valence-corrected chi connectivity index (χ1v) is 7.80. The van der Waals surface area contributed by atoms with Crippen molar-refractivity contribution >= 4 is 29.3 Å². The maximum absolute atomic E-state index is 12.6. The summed E-state index contributed by atoms with van der Waals surface area (Å²) in [5.74, 6) is -1.21. The quantitative estimate of drug-likeness (QED) is 0.380. The molecule has 0 bridgehead atoms. The molecular formula is C18H15ClN4O3. The number of carbonyl (C=O) groups excluding carboxylic acids is 1. The zero-order valence-electron chi connectivity index (χ0n) is 14.1. The lowest BCUT2D eigenvalue weighted by Gasteiger charge is -2.10. The van der Waals surface area contributed by atoms with E-state index in [2.05, 4.69) is 0 Å². The second kappa shape index (κ2) is 7.68. The molecule has 2 rings (SSSR count). The number of ketones is 1. The number of hydrogen-bond acceptors (Lipinski definition) is 5. The van der Waals surface area contributed by atoms with Crippen LogP contribution in [0.15, 0.2) is 56.6 Å². The monoisotopic (exact) mass is 370 g/mol. The van der Waals surface area contributed by atoms with Crippen molar-refractivity contribution in [3.63, 3.8) is 0 Å². The second-order valence-corrected chi connectivity index (χ2v) is 5.84. The molecule has 0 aliphatic heterocycles. The van der Waals surface area contributed by atoms with Gasteiger partial charge in [-0.15, -0.1) is 0 Å². The van der Waals surface area contributed by atoms with Crippen LogP contribution in [-0.4, -0.2) is 14.9 Å². The summed E-state index contributed by atoms with van der Waals surface area (Å²) in [6, 6.07) is 10.8. The zero-order chi connectivity index (χ0) is 19.4. The van der Waals surface area contributed by atoms with Gasteiger partial charge in [-0.3, -0.25) is 18.7 Å². The molecule has 2 N–H and O–H groups in total. The highest BCUT2D eigenvalue weighted by Crippen LogP contribution is 2.16. The van der Waals surface area contributed by atoms with Gasteiger partial charge in [0.15, 0.2) is 0 Å². The number of nitrogens with two attached hydrogens (primary N) is 1. The van der Waals surface area contributed by atoms with Gasteiger partial charge in [-0.2, -0.15) is 5.26 Å². The maximum Gasteiger partial charge on any atom is 0.332 e. The number of nitrogens with zero attached hydrogens (tertiary/aromatic N) is 3. The predicted molar refractivity (Wildman–Crippen MR) is 99.6 cm³/mol. The number of rotatable bonds is 4. The number of aromatic nitrogens is 2. The first kappa shape index (κ1) is 19.0. The number of halogens is 1. The lowest BCUT2D eigenvalue weighted by atomic mass is 10.1. The first-order valence-electron chi connectivity index (χ1n) is 7.42. The van der Waals surface area contributed by atoms with Crippen LogP contribution < -0.4 is 17.0 Å². The Kier molecular flexibility index (Phi) is 5.60. The number of allylic oxidation sites excluding steroid dienone is 3. The summed E-state index contributed by atoms with van der Waals surface area (Å²) in [5, 5.41) is 9.43. The molecule has 1 aromatic heterocycles. The number of nitriles is 1. The zero-order valence-corrected chi connectivity index (χ0v) is 14.8. The minimum absolute atomic E-state index is 0.126. The Balaban J connectivity index is 2.55. The van der Waals surface area contributed by atoms with Crippen molar-refractivity contribution in [2.24, 2.45) is 14.1 Å². The van der Waals surface area contributed by atoms with Crippen LogP contribution in [0.4, 0.5) is 5.82 Å². The second-order valence-electron chi connectivity index (χ2n) is 5.40. The number of Topliss-reactive ketones (excluding diaryl/α,β-unsaturated/α-hetero) is 1. The molecular weight excluding hydrogens is 356 g/mol. The smallest absolute Gasteiger partial charge is 0.332 e. The van der Waals surface area contributed by atoms with Crippen molar-refractivity contribution in [1.82, 2.24) is 9.13 Å². The molecule has 0 fully saturated rings. The third-order valence-electron chi connectivity index (χ3n) is 3.69. The fourth-order valence-corrected chi connectivity index (χ4v) is 2.48. The maximum atomic E-state index is 12.6. The van der Waals surface area contributed by atoms with Crippen LogP contribution in [0.2, 0.25) is 0 Å². The number of carbonyl (C=O) groups is 1. The Morgan fingerprint density at radius 1 is 1.19 bits per heavy atom. The highest BCUT2D eigenvalue weighted by Gasteiger charge is 2.23. The Morgan fingerprint density at radius 3 is 2.38 bits per heavy atom. The van der Waals surface area contributed by atoms with Crippen LogP contribution >= 0.6 is 11.6 Å². The topological polar surface area (TPSA) is 111 Å². The summed E-state index contributed by atoms with van der Waals surface area (Å²) in [5.41, 5.74) is 4.15. The lowest BCUT2D eigenvalue weighted by molar-refractivity contribution is 0.103. The molecule has 8 heteroatoms. The molecule has 0 atom stereocenters. The van der Waals surface area contributed by atoms with Gasteiger partial charge in [-0.25, -0.2) is 4.79 Å². The summed E-state index contributed by atoms with van der Waals surface area (Å²) in [7, 11) is 2.55. The Morgan fingerprint density at radius 2 is 1.81 bits per heavy atom. The lowest BCUT2D eigenvalue weighted by Crippen LogP contribution is -2.41. The molecule has 26 heavy (non-hydrogen) atoms. The molecule has 1 aromatic carbocycles. The van der Waals surface area contributed by atoms with Crippen LogP contribution in [0.3, 0.4) is 0 Å². The van der Waals surface area contributed by atoms with Crippen molar-refractivity contribution in [2.75, 3.05) is 5.73 Å². The standard InChI is InChI=1S/C18H15ClN4O3/c1-22-16(21)14(17(25)23(2)18(22)26)15(24)12(10-20)9-13(19)8-11-6-4-3-5-7-11/h3-9H,21H2,1-2H3/b12-9+,13-8-. The number of nitrogen functional groups attached to an aromatic ring is 1. The van der Waals surface area contributed by atoms with Gasteiger partial charge in [0.2, 0.25) is 5.78 Å². The number of anilines is 1. The molecule has 1 heterocycles. The van der Waals surface area contributed by atoms with Gasteiger partial charge in [0.05, 0.1) is 0 Å². The average Bonchev–Trinajstić information content (AvgIpc) is 2.63. The summed E-state index contributed by atoms with van der Waals surface area (Å²) >= 11 is 6.10. The van der Waals surface area contributed by atoms with E-state index >= 15 is 0 Å². The minimum Gasteiger partial charge on any atom is -0.384 e. The van der Waals surface area contributed by atoms with E-state index in [1.165, 1.54) is 14.1 Å². The van der Waals surface area contributed by atoms with Crippen LogP contribution in [0.1, 0.15) is 15.9 Å². The SMILES string of the molecule is Cn1c(N)c(C(=O)/C(C#N)=C/C(Cl)=C/c2ccccc2)c(=O)n(C)c1=O. The van der Waals surface area contributed by atoms with Gasteiger partial charge in [0, 0.05) is 19.1 Å². The molecule has 0 radical (unpaired) electrons. The Bertz CT molecular complexity index is 1090. The Labute approximate surface area is 153 Å². The number of hydrogen-bond donors (Lipinski definition) is 1. The largest absolute Gasteiger partial charge is 0.384 e. The van der Waals surface area contributed by atoms with Crippen molar-refractivity contribution in [1.29, 1.82) is 5.26 Å². The highest BCUT2D eigenvalue weighted by molar-refractivity contribution is 6.34. The molecule has 0 unspecified atom stereocenters. The van der Waals surface area contributed by atoms with Gasteiger partial charge in [0.1, 0.15) is 23.0 Å². The normalized spacial score (nSPS) is 11.9. The molecule has 7 nitrogen and oxygen atoms in total. The van der Waals surface area contributed by atoms with Crippen molar-refractivity contribution in [3.8, 4) is 6.07 Å². The third kappa shape index (κ3) is 3.66.